The van der Waals surface area contributed by atoms with Crippen LogP contribution in [0.5, 0.6) is 0 Å². The molecule has 2 rings (SSSR count). The maximum atomic E-state index is 9.92. The summed E-state index contributed by atoms with van der Waals surface area (Å²) in [4.78, 5) is 0. The van der Waals surface area contributed by atoms with Gasteiger partial charge < -0.3 is 10.4 Å². The minimum atomic E-state index is -0.760. The number of aliphatic hydroxyl groups is 1. The fourth-order valence-electron chi connectivity index (χ4n) is 1.62. The van der Waals surface area contributed by atoms with Crippen LogP contribution < -0.4 is 5.32 Å². The molecule has 4 heteroatoms. The summed E-state index contributed by atoms with van der Waals surface area (Å²) >= 11 is 0. The fraction of sp³-hybridized carbons (Fsp3) is 0.357. The van der Waals surface area contributed by atoms with E-state index in [0.29, 0.717) is 0 Å². The summed E-state index contributed by atoms with van der Waals surface area (Å²) in [6.07, 6.45) is 1.73. The van der Waals surface area contributed by atoms with E-state index in [1.54, 1.807) is 20.0 Å². The molecule has 0 saturated carbocycles. The van der Waals surface area contributed by atoms with E-state index in [0.717, 1.165) is 16.9 Å². The van der Waals surface area contributed by atoms with E-state index in [9.17, 15) is 5.11 Å². The molecule has 4 nitrogen and oxygen atoms in total. The molecule has 3 N–H and O–H groups in total. The highest BCUT2D eigenvalue weighted by molar-refractivity contribution is 5.64. The highest BCUT2D eigenvalue weighted by atomic mass is 16.3. The molecule has 1 unspecified atom stereocenters. The lowest BCUT2D eigenvalue weighted by atomic mass is 10.0. The van der Waals surface area contributed by atoms with E-state index in [-0.39, 0.29) is 6.04 Å². The summed E-state index contributed by atoms with van der Waals surface area (Å²) in [5.74, 6) is 0. The largest absolute Gasteiger partial charge is 0.388 e. The van der Waals surface area contributed by atoms with Gasteiger partial charge in [-0.15, -0.1) is 0 Å². The van der Waals surface area contributed by atoms with Gasteiger partial charge in [-0.2, -0.15) is 5.10 Å². The second-order valence-electron chi connectivity index (χ2n) is 5.07. The third-order valence-corrected chi connectivity index (χ3v) is 3.12. The second kappa shape index (κ2) is 4.82. The van der Waals surface area contributed by atoms with Crippen LogP contribution in [0.1, 0.15) is 20.8 Å². The molecule has 0 spiro atoms. The second-order valence-corrected chi connectivity index (χ2v) is 5.07. The van der Waals surface area contributed by atoms with Gasteiger partial charge in [0.05, 0.1) is 17.3 Å². The van der Waals surface area contributed by atoms with Gasteiger partial charge in [0, 0.05) is 17.4 Å². The molecular weight excluding hydrogens is 226 g/mol. The van der Waals surface area contributed by atoms with Crippen LogP contribution in [0, 0.1) is 0 Å². The quantitative estimate of drug-likeness (QED) is 0.776. The first-order valence-corrected chi connectivity index (χ1v) is 6.05. The summed E-state index contributed by atoms with van der Waals surface area (Å²) in [6, 6.07) is 9.92. The topological polar surface area (TPSA) is 60.9 Å². The van der Waals surface area contributed by atoms with Crippen molar-refractivity contribution >= 4 is 5.69 Å². The molecule has 0 fully saturated rings. The Morgan fingerprint density at radius 1 is 1.33 bits per heavy atom. The minimum absolute atomic E-state index is 0.0329. The molecule has 1 aromatic carbocycles. The van der Waals surface area contributed by atoms with E-state index in [1.807, 2.05) is 37.3 Å². The van der Waals surface area contributed by atoms with E-state index in [4.69, 9.17) is 0 Å². The smallest absolute Gasteiger partial charge is 0.0789 e. The van der Waals surface area contributed by atoms with Crippen molar-refractivity contribution in [2.75, 3.05) is 5.32 Å². The van der Waals surface area contributed by atoms with E-state index in [1.165, 1.54) is 0 Å². The van der Waals surface area contributed by atoms with Crippen LogP contribution in [-0.2, 0) is 0 Å². The predicted octanol–water partition coefficient (Wildman–Crippen LogP) is 2.65. The molecule has 0 aliphatic carbocycles. The lowest BCUT2D eigenvalue weighted by molar-refractivity contribution is 0.0649. The molecule has 1 aromatic heterocycles. The number of hydrogen-bond donors (Lipinski definition) is 3. The SMILES string of the molecule is CC(Nc1cccc(-c2ccn[nH]2)c1)C(C)(C)O. The average molecular weight is 245 g/mol. The Kier molecular flexibility index (Phi) is 3.39. The van der Waals surface area contributed by atoms with Gasteiger partial charge in [-0.3, -0.25) is 5.10 Å². The Morgan fingerprint density at radius 3 is 2.72 bits per heavy atom. The van der Waals surface area contributed by atoms with Crippen LogP contribution in [0.25, 0.3) is 11.3 Å². The van der Waals surface area contributed by atoms with Crippen molar-refractivity contribution in [1.82, 2.24) is 10.2 Å². The van der Waals surface area contributed by atoms with Crippen LogP contribution in [-0.4, -0.2) is 26.9 Å². The molecule has 0 radical (unpaired) electrons. The van der Waals surface area contributed by atoms with Crippen molar-refractivity contribution in [3.8, 4) is 11.3 Å². The van der Waals surface area contributed by atoms with Crippen LogP contribution >= 0.6 is 0 Å². The Labute approximate surface area is 107 Å². The first-order valence-electron chi connectivity index (χ1n) is 6.05. The van der Waals surface area contributed by atoms with E-state index >= 15 is 0 Å². The average Bonchev–Trinajstić information content (AvgIpc) is 2.81. The monoisotopic (exact) mass is 245 g/mol. The molecule has 1 atom stereocenters. The maximum Gasteiger partial charge on any atom is 0.0789 e. The van der Waals surface area contributed by atoms with Gasteiger partial charge in [-0.05, 0) is 39.0 Å². The third-order valence-electron chi connectivity index (χ3n) is 3.12. The number of anilines is 1. The van der Waals surface area contributed by atoms with Gasteiger partial charge in [0.1, 0.15) is 0 Å². The summed E-state index contributed by atoms with van der Waals surface area (Å²) in [7, 11) is 0. The Hall–Kier alpha value is -1.81. The van der Waals surface area contributed by atoms with Gasteiger partial charge in [0.25, 0.3) is 0 Å². The highest BCUT2D eigenvalue weighted by Crippen LogP contribution is 2.22. The van der Waals surface area contributed by atoms with Crippen LogP contribution in [0.4, 0.5) is 5.69 Å². The molecule has 96 valence electrons. The van der Waals surface area contributed by atoms with Crippen molar-refractivity contribution in [2.45, 2.75) is 32.4 Å². The molecule has 1 heterocycles. The number of aromatic amines is 1. The molecule has 0 bridgehead atoms. The number of aromatic nitrogens is 2. The minimum Gasteiger partial charge on any atom is -0.388 e. The Bertz CT molecular complexity index is 500. The zero-order valence-corrected chi connectivity index (χ0v) is 10.9. The lowest BCUT2D eigenvalue weighted by Crippen LogP contribution is -2.39. The number of benzene rings is 1. The molecule has 2 aromatic rings. The van der Waals surface area contributed by atoms with Crippen LogP contribution in [0.15, 0.2) is 36.5 Å². The first kappa shape index (κ1) is 12.6. The number of nitrogens with zero attached hydrogens (tertiary/aromatic N) is 1. The summed E-state index contributed by atoms with van der Waals surface area (Å²) < 4.78 is 0. The van der Waals surface area contributed by atoms with Gasteiger partial charge in [0.15, 0.2) is 0 Å². The van der Waals surface area contributed by atoms with E-state index in [2.05, 4.69) is 15.5 Å². The first-order chi connectivity index (χ1) is 8.47. The summed E-state index contributed by atoms with van der Waals surface area (Å²) in [5.41, 5.74) is 2.27. The number of H-pyrrole nitrogens is 1. The molecular formula is C14H19N3O. The third kappa shape index (κ3) is 2.90. The zero-order chi connectivity index (χ0) is 13.2. The number of hydrogen-bond acceptors (Lipinski definition) is 3. The van der Waals surface area contributed by atoms with Crippen molar-refractivity contribution in [3.05, 3.63) is 36.5 Å². The fourth-order valence-corrected chi connectivity index (χ4v) is 1.62. The van der Waals surface area contributed by atoms with Gasteiger partial charge >= 0.3 is 0 Å². The van der Waals surface area contributed by atoms with Gasteiger partial charge in [-0.25, -0.2) is 0 Å². The van der Waals surface area contributed by atoms with Crippen molar-refractivity contribution in [3.63, 3.8) is 0 Å². The molecule has 0 aliphatic heterocycles. The van der Waals surface area contributed by atoms with Crippen LogP contribution in [0.3, 0.4) is 0 Å². The summed E-state index contributed by atoms with van der Waals surface area (Å²) in [6.45, 7) is 5.55. The highest BCUT2D eigenvalue weighted by Gasteiger charge is 2.21. The van der Waals surface area contributed by atoms with Crippen molar-refractivity contribution in [1.29, 1.82) is 0 Å². The summed E-state index contributed by atoms with van der Waals surface area (Å²) in [5, 5.41) is 20.1. The van der Waals surface area contributed by atoms with E-state index < -0.39 is 5.60 Å². The molecule has 18 heavy (non-hydrogen) atoms. The van der Waals surface area contributed by atoms with Gasteiger partial charge in [-0.1, -0.05) is 12.1 Å². The zero-order valence-electron chi connectivity index (χ0n) is 10.9. The Morgan fingerprint density at radius 2 is 2.11 bits per heavy atom. The van der Waals surface area contributed by atoms with Crippen molar-refractivity contribution < 1.29 is 5.11 Å². The predicted molar refractivity (Wildman–Crippen MR) is 73.4 cm³/mol. The molecule has 0 saturated heterocycles. The van der Waals surface area contributed by atoms with Crippen LogP contribution in [0.2, 0.25) is 0 Å². The van der Waals surface area contributed by atoms with Crippen molar-refractivity contribution in [2.24, 2.45) is 0 Å². The maximum absolute atomic E-state index is 9.92. The number of nitrogens with one attached hydrogen (secondary N) is 2. The standard InChI is InChI=1S/C14H19N3O/c1-10(14(2,3)18)16-12-6-4-5-11(9-12)13-7-8-15-17-13/h4-10,16,18H,1-3H3,(H,15,17). The molecule has 0 aliphatic rings. The lowest BCUT2D eigenvalue weighted by Gasteiger charge is -2.27. The number of rotatable bonds is 4. The Balaban J connectivity index is 2.18. The normalized spacial score (nSPS) is 13.3. The molecule has 0 amide bonds. The van der Waals surface area contributed by atoms with Gasteiger partial charge in [0.2, 0.25) is 0 Å².